The van der Waals surface area contributed by atoms with E-state index in [1.165, 1.54) is 38.9 Å². The highest BCUT2D eigenvalue weighted by Gasteiger charge is 2.24. The summed E-state index contributed by atoms with van der Waals surface area (Å²) < 4.78 is 5.05. The zero-order chi connectivity index (χ0) is 8.81. The summed E-state index contributed by atoms with van der Waals surface area (Å²) in [6, 6.07) is 0. The van der Waals surface area contributed by atoms with Crippen LogP contribution in [0.2, 0.25) is 0 Å². The van der Waals surface area contributed by atoms with Gasteiger partial charge in [0.15, 0.2) is 0 Å². The SMILES string of the molecule is CCCCN1CC(CCOC)C1. The lowest BCUT2D eigenvalue weighted by atomic mass is 9.96. The number of likely N-dealkylation sites (tertiary alicyclic amines) is 1. The van der Waals surface area contributed by atoms with Gasteiger partial charge in [-0.1, -0.05) is 13.3 Å². The molecule has 0 bridgehead atoms. The molecular weight excluding hydrogens is 150 g/mol. The summed E-state index contributed by atoms with van der Waals surface area (Å²) in [5.74, 6) is 0.918. The summed E-state index contributed by atoms with van der Waals surface area (Å²) in [5, 5.41) is 0. The monoisotopic (exact) mass is 171 g/mol. The molecule has 1 saturated heterocycles. The van der Waals surface area contributed by atoms with Crippen molar-refractivity contribution in [2.24, 2.45) is 5.92 Å². The Morgan fingerprint density at radius 3 is 2.75 bits per heavy atom. The van der Waals surface area contributed by atoms with Gasteiger partial charge in [0.05, 0.1) is 0 Å². The van der Waals surface area contributed by atoms with Gasteiger partial charge in [-0.2, -0.15) is 0 Å². The molecule has 0 spiro atoms. The fraction of sp³-hybridized carbons (Fsp3) is 1.00. The second-order valence-electron chi connectivity index (χ2n) is 3.76. The fourth-order valence-corrected chi connectivity index (χ4v) is 1.71. The van der Waals surface area contributed by atoms with E-state index in [1.54, 1.807) is 7.11 Å². The highest BCUT2D eigenvalue weighted by atomic mass is 16.5. The van der Waals surface area contributed by atoms with Crippen LogP contribution in [0, 0.1) is 5.92 Å². The second-order valence-corrected chi connectivity index (χ2v) is 3.76. The van der Waals surface area contributed by atoms with Crippen LogP contribution >= 0.6 is 0 Å². The number of methoxy groups -OCH3 is 1. The first-order chi connectivity index (χ1) is 5.86. The van der Waals surface area contributed by atoms with Crippen LogP contribution in [0.5, 0.6) is 0 Å². The summed E-state index contributed by atoms with van der Waals surface area (Å²) >= 11 is 0. The van der Waals surface area contributed by atoms with Gasteiger partial charge < -0.3 is 9.64 Å². The normalized spacial score (nSPS) is 19.5. The molecule has 0 aromatic carbocycles. The van der Waals surface area contributed by atoms with E-state index in [2.05, 4.69) is 11.8 Å². The van der Waals surface area contributed by atoms with Gasteiger partial charge in [-0.05, 0) is 25.3 Å². The van der Waals surface area contributed by atoms with Gasteiger partial charge in [-0.3, -0.25) is 0 Å². The molecule has 0 aromatic heterocycles. The summed E-state index contributed by atoms with van der Waals surface area (Å²) in [6.07, 6.45) is 3.93. The molecule has 0 N–H and O–H groups in total. The minimum Gasteiger partial charge on any atom is -0.385 e. The summed E-state index contributed by atoms with van der Waals surface area (Å²) in [6.45, 7) is 7.11. The minimum absolute atomic E-state index is 0.918. The quantitative estimate of drug-likeness (QED) is 0.603. The molecule has 0 atom stereocenters. The Morgan fingerprint density at radius 1 is 1.42 bits per heavy atom. The highest BCUT2D eigenvalue weighted by Crippen LogP contribution is 2.18. The third-order valence-corrected chi connectivity index (χ3v) is 2.59. The number of nitrogens with zero attached hydrogens (tertiary/aromatic N) is 1. The molecule has 1 rings (SSSR count). The van der Waals surface area contributed by atoms with Gasteiger partial charge in [-0.15, -0.1) is 0 Å². The predicted molar refractivity (Wildman–Crippen MR) is 51.3 cm³/mol. The molecule has 1 heterocycles. The molecular formula is C10H21NO. The average molecular weight is 171 g/mol. The van der Waals surface area contributed by atoms with Gasteiger partial charge in [0, 0.05) is 26.8 Å². The number of ether oxygens (including phenoxy) is 1. The average Bonchev–Trinajstić information content (AvgIpc) is 2.01. The lowest BCUT2D eigenvalue weighted by Crippen LogP contribution is -2.47. The molecule has 0 saturated carbocycles. The third kappa shape index (κ3) is 3.11. The Kier molecular flexibility index (Phi) is 4.62. The van der Waals surface area contributed by atoms with Crippen molar-refractivity contribution >= 4 is 0 Å². The van der Waals surface area contributed by atoms with Gasteiger partial charge in [0.2, 0.25) is 0 Å². The van der Waals surface area contributed by atoms with Gasteiger partial charge in [-0.25, -0.2) is 0 Å². The van der Waals surface area contributed by atoms with Crippen molar-refractivity contribution in [3.05, 3.63) is 0 Å². The molecule has 0 aliphatic carbocycles. The van der Waals surface area contributed by atoms with Gasteiger partial charge >= 0.3 is 0 Å². The summed E-state index contributed by atoms with van der Waals surface area (Å²) in [5.41, 5.74) is 0. The van der Waals surface area contributed by atoms with Crippen molar-refractivity contribution in [1.29, 1.82) is 0 Å². The molecule has 0 radical (unpaired) electrons. The van der Waals surface area contributed by atoms with Crippen molar-refractivity contribution in [2.75, 3.05) is 33.4 Å². The van der Waals surface area contributed by atoms with E-state index in [9.17, 15) is 0 Å². The standard InChI is InChI=1S/C10H21NO/c1-3-4-6-11-8-10(9-11)5-7-12-2/h10H,3-9H2,1-2H3. The van der Waals surface area contributed by atoms with E-state index in [0.29, 0.717) is 0 Å². The zero-order valence-corrected chi connectivity index (χ0v) is 8.38. The van der Waals surface area contributed by atoms with E-state index in [4.69, 9.17) is 4.74 Å². The summed E-state index contributed by atoms with van der Waals surface area (Å²) in [7, 11) is 1.79. The molecule has 0 aromatic rings. The number of hydrogen-bond donors (Lipinski definition) is 0. The highest BCUT2D eigenvalue weighted by molar-refractivity contribution is 4.78. The van der Waals surface area contributed by atoms with Crippen molar-refractivity contribution < 1.29 is 4.74 Å². The minimum atomic E-state index is 0.918. The predicted octanol–water partition coefficient (Wildman–Crippen LogP) is 1.75. The molecule has 0 amide bonds. The molecule has 2 heteroatoms. The Bertz CT molecular complexity index is 98.4. The lowest BCUT2D eigenvalue weighted by molar-refractivity contribution is 0.0683. The zero-order valence-electron chi connectivity index (χ0n) is 8.38. The fourth-order valence-electron chi connectivity index (χ4n) is 1.71. The largest absolute Gasteiger partial charge is 0.385 e. The topological polar surface area (TPSA) is 12.5 Å². The van der Waals surface area contributed by atoms with E-state index >= 15 is 0 Å². The van der Waals surface area contributed by atoms with Crippen LogP contribution in [0.15, 0.2) is 0 Å². The molecule has 2 nitrogen and oxygen atoms in total. The van der Waals surface area contributed by atoms with Crippen LogP contribution < -0.4 is 0 Å². The maximum atomic E-state index is 5.05. The van der Waals surface area contributed by atoms with Crippen LogP contribution in [0.25, 0.3) is 0 Å². The van der Waals surface area contributed by atoms with Crippen LogP contribution in [0.4, 0.5) is 0 Å². The van der Waals surface area contributed by atoms with Crippen molar-refractivity contribution in [2.45, 2.75) is 26.2 Å². The second kappa shape index (κ2) is 5.55. The lowest BCUT2D eigenvalue weighted by Gasteiger charge is -2.39. The van der Waals surface area contributed by atoms with Crippen molar-refractivity contribution in [3.63, 3.8) is 0 Å². The Hall–Kier alpha value is -0.0800. The summed E-state index contributed by atoms with van der Waals surface area (Å²) in [4.78, 5) is 2.55. The van der Waals surface area contributed by atoms with Crippen LogP contribution in [-0.2, 0) is 4.74 Å². The Balaban J connectivity index is 1.89. The molecule has 0 unspecified atom stereocenters. The van der Waals surface area contributed by atoms with E-state index in [-0.39, 0.29) is 0 Å². The van der Waals surface area contributed by atoms with E-state index in [0.717, 1.165) is 12.5 Å². The van der Waals surface area contributed by atoms with Crippen molar-refractivity contribution in [1.82, 2.24) is 4.90 Å². The Morgan fingerprint density at radius 2 is 2.17 bits per heavy atom. The number of rotatable bonds is 6. The maximum absolute atomic E-state index is 5.05. The van der Waals surface area contributed by atoms with Gasteiger partial charge in [0.25, 0.3) is 0 Å². The van der Waals surface area contributed by atoms with Gasteiger partial charge in [0.1, 0.15) is 0 Å². The smallest absolute Gasteiger partial charge is 0.0465 e. The van der Waals surface area contributed by atoms with E-state index < -0.39 is 0 Å². The molecule has 1 aliphatic rings. The third-order valence-electron chi connectivity index (χ3n) is 2.59. The first-order valence-electron chi connectivity index (χ1n) is 5.08. The molecule has 1 fully saturated rings. The number of hydrogen-bond acceptors (Lipinski definition) is 2. The first-order valence-corrected chi connectivity index (χ1v) is 5.08. The maximum Gasteiger partial charge on any atom is 0.0465 e. The van der Waals surface area contributed by atoms with Crippen LogP contribution in [0.1, 0.15) is 26.2 Å². The molecule has 72 valence electrons. The number of unbranched alkanes of at least 4 members (excludes halogenated alkanes) is 1. The van der Waals surface area contributed by atoms with E-state index in [1.807, 2.05) is 0 Å². The molecule has 12 heavy (non-hydrogen) atoms. The van der Waals surface area contributed by atoms with Crippen LogP contribution in [0.3, 0.4) is 0 Å². The Labute approximate surface area is 75.9 Å². The van der Waals surface area contributed by atoms with Crippen molar-refractivity contribution in [3.8, 4) is 0 Å². The van der Waals surface area contributed by atoms with Crippen LogP contribution in [-0.4, -0.2) is 38.3 Å². The molecule has 1 aliphatic heterocycles. The first kappa shape index (κ1) is 10.0.